The number of carbonyl (C=O) groups is 4. The summed E-state index contributed by atoms with van der Waals surface area (Å²) < 4.78 is 60.9. The Bertz CT molecular complexity index is 2290. The van der Waals surface area contributed by atoms with Gasteiger partial charge in [-0.1, -0.05) is 0 Å². The van der Waals surface area contributed by atoms with Crippen LogP contribution in [0.4, 0.5) is 11.4 Å². The second-order valence-corrected chi connectivity index (χ2v) is 18.5. The molecule has 4 heterocycles. The highest BCUT2D eigenvalue weighted by Crippen LogP contribution is 2.34. The van der Waals surface area contributed by atoms with E-state index in [1.165, 1.54) is 50.5 Å². The zero-order chi connectivity index (χ0) is 56.4. The fraction of sp³-hybridized carbons (Fsp3) is 0.652. The Hall–Kier alpha value is -5.24. The number of likely N-dealkylation sites (N-methyl/N-ethyl adjacent to an activating group) is 2. The molecule has 0 aromatic heterocycles. The van der Waals surface area contributed by atoms with Gasteiger partial charge < -0.3 is 135 Å². The summed E-state index contributed by atoms with van der Waals surface area (Å²) in [6.45, 7) is -4.53. The minimum absolute atomic E-state index is 0.149. The number of carbonyl (C=O) groups excluding carboxylic acids is 2. The molecule has 0 saturated carbocycles. The molecule has 0 bridgehead atoms. The van der Waals surface area contributed by atoms with Crippen LogP contribution in [-0.4, -0.2) is 257 Å². The van der Waals surface area contributed by atoms with Crippen LogP contribution in [0, 0.1) is 17.8 Å². The number of carboxylic acids is 2. The van der Waals surface area contributed by atoms with E-state index in [1.807, 2.05) is 0 Å². The van der Waals surface area contributed by atoms with Gasteiger partial charge in [0.2, 0.25) is 0 Å². The number of nitrogen functional groups attached to an aromatic ring is 2. The van der Waals surface area contributed by atoms with Crippen molar-refractivity contribution in [3.63, 3.8) is 0 Å². The number of esters is 2. The van der Waals surface area contributed by atoms with Gasteiger partial charge in [-0.25, -0.2) is 19.2 Å². The van der Waals surface area contributed by atoms with Crippen LogP contribution in [0.25, 0.3) is 0 Å². The first-order valence-corrected chi connectivity index (χ1v) is 23.9. The summed E-state index contributed by atoms with van der Waals surface area (Å²) in [5.74, 6) is -9.77. The highest BCUT2D eigenvalue weighted by Gasteiger charge is 2.52. The fourth-order valence-electron chi connectivity index (χ4n) is 9.29. The minimum Gasteiger partial charge on any atom is -0.507 e. The smallest absolute Gasteiger partial charge is 0.344 e. The molecule has 0 radical (unpaired) electrons. The van der Waals surface area contributed by atoms with Crippen molar-refractivity contribution in [2.45, 2.75) is 104 Å². The van der Waals surface area contributed by atoms with E-state index in [0.717, 1.165) is 0 Å². The van der Waals surface area contributed by atoms with Crippen LogP contribution in [0.2, 0.25) is 0 Å². The number of rotatable bonds is 24. The molecule has 4 saturated heterocycles. The third kappa shape index (κ3) is 14.7. The van der Waals surface area contributed by atoms with E-state index in [-0.39, 0.29) is 22.5 Å². The van der Waals surface area contributed by atoms with E-state index in [4.69, 9.17) is 63.6 Å². The number of aliphatic carboxylic acids is 2. The molecule has 432 valence electrons. The Balaban J connectivity index is 1.08. The lowest BCUT2D eigenvalue weighted by molar-refractivity contribution is -0.304. The molecular weight excluding hydrogens is 1040 g/mol. The molecule has 31 heteroatoms. The molecule has 77 heavy (non-hydrogen) atoms. The topological polar surface area (TPSA) is 489 Å². The lowest BCUT2D eigenvalue weighted by atomic mass is 9.84. The third-order valence-corrected chi connectivity index (χ3v) is 13.5. The van der Waals surface area contributed by atoms with Gasteiger partial charge in [-0.15, -0.1) is 0 Å². The standard InChI is InChI=1S/C46H66N4O27/c1-49-29-21(10-70-46-37(59)34(56)35(57)39(77-46)41(62)63)31(53)27(13-68-15-72-42(64)19-7-17(47)3-5-24(19)51)74-26(29)12-67-9-23-33(55)36(58)45(76-38(23)40(60)61)71-11-22-30(50-2)44(66)75-28(32(22)54)14-69-16-73-43(65)20-8-18(48)4-6-25(20)52/h3-8,21-23,26-39,44-46,49-59,66H,9-16,47-48H2,1-2H3,(H,60,61)(H,62,63)/t21-,22-,23-,26-,27?,28?,29?,30?,31-,32-,33+,34+,35-,36?,37?,38?,39?,44+,45+,46+/m0/s1. The summed E-state index contributed by atoms with van der Waals surface area (Å²) in [5.41, 5.74) is 11.2. The van der Waals surface area contributed by atoms with Gasteiger partial charge in [-0.3, -0.25) is 0 Å². The van der Waals surface area contributed by atoms with Gasteiger partial charge in [0.05, 0.1) is 70.1 Å². The summed E-state index contributed by atoms with van der Waals surface area (Å²) in [6, 6.07) is 5.45. The van der Waals surface area contributed by atoms with E-state index < -0.39 is 211 Å². The molecule has 2 aromatic carbocycles. The van der Waals surface area contributed by atoms with Gasteiger partial charge >= 0.3 is 23.9 Å². The minimum atomic E-state index is -2.03. The first-order valence-electron chi connectivity index (χ1n) is 23.9. The average Bonchev–Trinajstić information content (AvgIpc) is 3.40. The number of aromatic hydroxyl groups is 2. The largest absolute Gasteiger partial charge is 0.507 e. The maximum absolute atomic E-state index is 12.6. The van der Waals surface area contributed by atoms with Gasteiger partial charge in [0.15, 0.2) is 44.7 Å². The molecule has 20 atom stereocenters. The van der Waals surface area contributed by atoms with E-state index >= 15 is 0 Å². The summed E-state index contributed by atoms with van der Waals surface area (Å²) in [6.07, 6.45) is -25.8. The van der Waals surface area contributed by atoms with Crippen molar-refractivity contribution in [2.24, 2.45) is 17.8 Å². The van der Waals surface area contributed by atoms with E-state index in [0.29, 0.717) is 0 Å². The number of ether oxygens (including phenoxy) is 11. The number of aliphatic hydroxyl groups is 8. The second-order valence-electron chi connectivity index (χ2n) is 18.5. The third-order valence-electron chi connectivity index (χ3n) is 13.5. The highest BCUT2D eigenvalue weighted by molar-refractivity contribution is 5.94. The van der Waals surface area contributed by atoms with Crippen molar-refractivity contribution >= 4 is 35.3 Å². The fourth-order valence-corrected chi connectivity index (χ4v) is 9.29. The first kappa shape index (κ1) is 61.0. The number of benzene rings is 2. The maximum Gasteiger partial charge on any atom is 0.344 e. The Morgan fingerprint density at radius 2 is 0.961 bits per heavy atom. The number of phenolic OH excluding ortho intramolecular Hbond substituents is 2. The Labute approximate surface area is 437 Å². The molecule has 4 aliphatic rings. The number of aliphatic hydroxyl groups excluding tert-OH is 8. The monoisotopic (exact) mass is 1110 g/mol. The number of hydrogen-bond donors (Lipinski definition) is 16. The molecule has 0 amide bonds. The predicted octanol–water partition coefficient (Wildman–Crippen LogP) is -6.07. The lowest BCUT2D eigenvalue weighted by Crippen LogP contribution is -2.64. The molecule has 6 rings (SSSR count). The van der Waals surface area contributed by atoms with Crippen LogP contribution in [0.1, 0.15) is 20.7 Å². The van der Waals surface area contributed by atoms with Crippen LogP contribution >= 0.6 is 0 Å². The number of hydrogen-bond acceptors (Lipinski definition) is 29. The van der Waals surface area contributed by atoms with Crippen LogP contribution < -0.4 is 22.1 Å². The average molecular weight is 1110 g/mol. The van der Waals surface area contributed by atoms with Crippen molar-refractivity contribution < 1.29 is 133 Å². The molecule has 0 aliphatic carbocycles. The van der Waals surface area contributed by atoms with Crippen LogP contribution in [0.15, 0.2) is 36.4 Å². The molecule has 18 N–H and O–H groups in total. The number of anilines is 2. The summed E-state index contributed by atoms with van der Waals surface area (Å²) in [5, 5.41) is 133. The molecule has 0 spiro atoms. The van der Waals surface area contributed by atoms with Crippen LogP contribution in [0.5, 0.6) is 11.5 Å². The number of phenols is 2. The SMILES string of the molecule is CNC1[C@H](O)OC(COCOC(=O)c2cc(N)ccc2O)[C@@H](O)[C@H]1CO[C@@H]1OC(C(=O)O)[C@@H](COC[C@@H]2OC(COCOC(=O)c3cc(N)ccc3O)[C@@H](O)[C@@H](CO[C@@H]3OC(C(=O)O)[C@@H](O)[C@@H](O)C3O)C2NC)[C@@H](O)C1O. The molecule has 4 fully saturated rings. The second kappa shape index (κ2) is 27.6. The van der Waals surface area contributed by atoms with Gasteiger partial charge in [-0.05, 0) is 50.5 Å². The molecule has 31 nitrogen and oxygen atoms in total. The number of nitrogens with two attached hydrogens (primary N) is 2. The maximum atomic E-state index is 12.6. The van der Waals surface area contributed by atoms with Gasteiger partial charge in [0, 0.05) is 35.2 Å². The zero-order valence-corrected chi connectivity index (χ0v) is 41.3. The Morgan fingerprint density at radius 1 is 0.506 bits per heavy atom. The predicted molar refractivity (Wildman–Crippen MR) is 251 cm³/mol. The normalized spacial score (nSPS) is 35.5. The van der Waals surface area contributed by atoms with E-state index in [9.17, 15) is 80.5 Å². The van der Waals surface area contributed by atoms with Crippen molar-refractivity contribution in [1.29, 1.82) is 0 Å². The van der Waals surface area contributed by atoms with Crippen LogP contribution in [-0.2, 0) is 61.7 Å². The lowest BCUT2D eigenvalue weighted by Gasteiger charge is -2.46. The highest BCUT2D eigenvalue weighted by atomic mass is 16.7. The van der Waals surface area contributed by atoms with E-state index in [1.54, 1.807) is 0 Å². The summed E-state index contributed by atoms with van der Waals surface area (Å²) in [7, 11) is 2.89. The van der Waals surface area contributed by atoms with Crippen molar-refractivity contribution in [3.8, 4) is 11.5 Å². The summed E-state index contributed by atoms with van der Waals surface area (Å²) >= 11 is 0. The first-order chi connectivity index (χ1) is 36.6. The Kier molecular flexibility index (Phi) is 21.8. The van der Waals surface area contributed by atoms with Gasteiger partial charge in [0.25, 0.3) is 0 Å². The quantitative estimate of drug-likeness (QED) is 0.0153. The zero-order valence-electron chi connectivity index (χ0n) is 41.3. The molecular formula is C46H66N4O27. The van der Waals surface area contributed by atoms with Crippen molar-refractivity contribution in [2.75, 3.05) is 78.8 Å². The Morgan fingerprint density at radius 3 is 1.45 bits per heavy atom. The molecule has 4 aliphatic heterocycles. The van der Waals surface area contributed by atoms with Gasteiger partial charge in [-0.2, -0.15) is 0 Å². The van der Waals surface area contributed by atoms with Crippen molar-refractivity contribution in [1.82, 2.24) is 10.6 Å². The van der Waals surface area contributed by atoms with Gasteiger partial charge in [0.1, 0.15) is 59.2 Å². The molecule has 8 unspecified atom stereocenters. The number of nitrogens with one attached hydrogen (secondary N) is 2. The summed E-state index contributed by atoms with van der Waals surface area (Å²) in [4.78, 5) is 49.5. The van der Waals surface area contributed by atoms with Crippen LogP contribution in [0.3, 0.4) is 0 Å². The molecule has 2 aromatic rings. The number of carboxylic acid groups (broad SMARTS) is 2. The van der Waals surface area contributed by atoms with Crippen molar-refractivity contribution in [3.05, 3.63) is 47.5 Å². The van der Waals surface area contributed by atoms with E-state index in [2.05, 4.69) is 10.6 Å².